The molecule has 0 atom stereocenters. The molecule has 0 N–H and O–H groups in total. The van der Waals surface area contributed by atoms with Crippen LogP contribution in [0.4, 0.5) is 0 Å². The van der Waals surface area contributed by atoms with Gasteiger partial charge in [-0.05, 0) is 47.7 Å². The Kier molecular flexibility index (Phi) is 7.91. The summed E-state index contributed by atoms with van der Waals surface area (Å²) in [4.78, 5) is 0. The maximum Gasteiger partial charge on any atom is -0.000473 e. The Balaban J connectivity index is 2.35. The molecule has 0 spiro atoms. The highest BCUT2D eigenvalue weighted by atomic mass is 127. The lowest BCUT2D eigenvalue weighted by molar-refractivity contribution is 0.725. The van der Waals surface area contributed by atoms with Gasteiger partial charge >= 0.3 is 0 Å². The van der Waals surface area contributed by atoms with E-state index in [0.717, 1.165) is 0 Å². The first kappa shape index (κ1) is 14.0. The van der Waals surface area contributed by atoms with Gasteiger partial charge in [0.15, 0.2) is 0 Å². The standard InChI is InChI=1S/C15H23I/c1-2-3-8-14-10-7-11-15(13-14)9-5-4-6-12-16/h7,10-11,13H,2-6,8-9,12H2,1H3. The number of unbranched alkanes of at least 4 members (excludes halogenated alkanes) is 3. The van der Waals surface area contributed by atoms with Crippen molar-refractivity contribution in [3.05, 3.63) is 35.4 Å². The summed E-state index contributed by atoms with van der Waals surface area (Å²) in [5.41, 5.74) is 3.05. The summed E-state index contributed by atoms with van der Waals surface area (Å²) in [7, 11) is 0. The molecule has 0 saturated carbocycles. The van der Waals surface area contributed by atoms with Crippen LogP contribution in [0.2, 0.25) is 0 Å². The van der Waals surface area contributed by atoms with Crippen molar-refractivity contribution in [2.24, 2.45) is 0 Å². The molecule has 0 aliphatic carbocycles. The molecule has 1 aromatic carbocycles. The summed E-state index contributed by atoms with van der Waals surface area (Å²) in [5, 5.41) is 0. The van der Waals surface area contributed by atoms with Gasteiger partial charge in [-0.15, -0.1) is 0 Å². The van der Waals surface area contributed by atoms with Crippen molar-refractivity contribution in [1.82, 2.24) is 0 Å². The van der Waals surface area contributed by atoms with Crippen LogP contribution in [-0.4, -0.2) is 4.43 Å². The minimum absolute atomic E-state index is 1.25. The lowest BCUT2D eigenvalue weighted by Gasteiger charge is -2.04. The van der Waals surface area contributed by atoms with Crippen molar-refractivity contribution in [3.8, 4) is 0 Å². The fourth-order valence-corrected chi connectivity index (χ4v) is 2.46. The summed E-state index contributed by atoms with van der Waals surface area (Å²) in [5.74, 6) is 0. The Hall–Kier alpha value is -0.0500. The highest BCUT2D eigenvalue weighted by molar-refractivity contribution is 14.1. The van der Waals surface area contributed by atoms with E-state index in [4.69, 9.17) is 0 Å². The molecule has 0 fully saturated rings. The summed E-state index contributed by atoms with van der Waals surface area (Å²) < 4.78 is 1.30. The SMILES string of the molecule is CCCCc1cccc(CCCCCI)c1. The lowest BCUT2D eigenvalue weighted by atomic mass is 10.0. The van der Waals surface area contributed by atoms with Gasteiger partial charge in [0.05, 0.1) is 0 Å². The molecule has 1 aromatic rings. The second-order valence-corrected chi connectivity index (χ2v) is 5.50. The largest absolute Gasteiger partial charge is 0.0864 e. The Morgan fingerprint density at radius 1 is 0.938 bits per heavy atom. The zero-order chi connectivity index (χ0) is 11.6. The van der Waals surface area contributed by atoms with E-state index in [0.29, 0.717) is 0 Å². The van der Waals surface area contributed by atoms with Gasteiger partial charge in [-0.3, -0.25) is 0 Å². The fraction of sp³-hybridized carbons (Fsp3) is 0.600. The highest BCUT2D eigenvalue weighted by Gasteiger charge is 1.96. The molecule has 1 heteroatoms. The Bertz CT molecular complexity index is 281. The number of halogens is 1. The minimum atomic E-state index is 1.25. The molecule has 0 nitrogen and oxygen atoms in total. The summed E-state index contributed by atoms with van der Waals surface area (Å²) in [6.45, 7) is 2.26. The van der Waals surface area contributed by atoms with E-state index in [1.54, 1.807) is 0 Å². The number of hydrogen-bond donors (Lipinski definition) is 0. The molecular formula is C15H23I. The van der Waals surface area contributed by atoms with Crippen LogP contribution < -0.4 is 0 Å². The van der Waals surface area contributed by atoms with E-state index >= 15 is 0 Å². The van der Waals surface area contributed by atoms with Gasteiger partial charge in [0.2, 0.25) is 0 Å². The quantitative estimate of drug-likeness (QED) is 0.350. The Morgan fingerprint density at radius 3 is 2.25 bits per heavy atom. The van der Waals surface area contributed by atoms with Crippen LogP contribution in [0.1, 0.15) is 50.2 Å². The van der Waals surface area contributed by atoms with Crippen LogP contribution in [0.25, 0.3) is 0 Å². The number of rotatable bonds is 8. The molecule has 0 aromatic heterocycles. The predicted octanol–water partition coefficient (Wildman–Crippen LogP) is 5.18. The molecule has 0 aliphatic rings. The number of alkyl halides is 1. The van der Waals surface area contributed by atoms with Crippen molar-refractivity contribution < 1.29 is 0 Å². The molecule has 0 amide bonds. The normalized spacial score (nSPS) is 10.6. The van der Waals surface area contributed by atoms with E-state index in [1.165, 1.54) is 60.5 Å². The first-order valence-corrected chi connectivity index (χ1v) is 8.03. The molecule has 0 aliphatic heterocycles. The van der Waals surface area contributed by atoms with E-state index < -0.39 is 0 Å². The van der Waals surface area contributed by atoms with E-state index in [9.17, 15) is 0 Å². The average molecular weight is 330 g/mol. The second kappa shape index (κ2) is 9.03. The van der Waals surface area contributed by atoms with Gasteiger partial charge < -0.3 is 0 Å². The van der Waals surface area contributed by atoms with Crippen LogP contribution >= 0.6 is 22.6 Å². The van der Waals surface area contributed by atoms with Crippen molar-refractivity contribution in [2.45, 2.75) is 51.9 Å². The van der Waals surface area contributed by atoms with Gasteiger partial charge in [0.1, 0.15) is 0 Å². The number of aryl methyl sites for hydroxylation is 2. The van der Waals surface area contributed by atoms with E-state index in [2.05, 4.69) is 53.8 Å². The van der Waals surface area contributed by atoms with Crippen molar-refractivity contribution in [3.63, 3.8) is 0 Å². The fourth-order valence-electron chi connectivity index (χ4n) is 1.92. The molecular weight excluding hydrogens is 307 g/mol. The third kappa shape index (κ3) is 5.88. The van der Waals surface area contributed by atoms with Crippen LogP contribution in [0.5, 0.6) is 0 Å². The van der Waals surface area contributed by atoms with Crippen LogP contribution in [0.15, 0.2) is 24.3 Å². The van der Waals surface area contributed by atoms with Gasteiger partial charge in [0, 0.05) is 0 Å². The third-order valence-corrected chi connectivity index (χ3v) is 3.67. The van der Waals surface area contributed by atoms with Gasteiger partial charge in [-0.25, -0.2) is 0 Å². The summed E-state index contributed by atoms with van der Waals surface area (Å²) in [6, 6.07) is 9.17. The third-order valence-electron chi connectivity index (χ3n) is 2.91. The topological polar surface area (TPSA) is 0 Å². The van der Waals surface area contributed by atoms with Crippen LogP contribution in [-0.2, 0) is 12.8 Å². The number of benzene rings is 1. The molecule has 1 rings (SSSR count). The van der Waals surface area contributed by atoms with Crippen LogP contribution in [0, 0.1) is 0 Å². The highest BCUT2D eigenvalue weighted by Crippen LogP contribution is 2.12. The molecule has 0 saturated heterocycles. The summed E-state index contributed by atoms with van der Waals surface area (Å²) >= 11 is 2.46. The Morgan fingerprint density at radius 2 is 1.62 bits per heavy atom. The zero-order valence-electron chi connectivity index (χ0n) is 10.3. The lowest BCUT2D eigenvalue weighted by Crippen LogP contribution is -1.90. The predicted molar refractivity (Wildman–Crippen MR) is 81.5 cm³/mol. The van der Waals surface area contributed by atoms with Crippen molar-refractivity contribution in [2.75, 3.05) is 4.43 Å². The van der Waals surface area contributed by atoms with Crippen LogP contribution in [0.3, 0.4) is 0 Å². The zero-order valence-corrected chi connectivity index (χ0v) is 12.5. The van der Waals surface area contributed by atoms with Gasteiger partial charge in [-0.2, -0.15) is 0 Å². The van der Waals surface area contributed by atoms with E-state index in [-0.39, 0.29) is 0 Å². The first-order valence-electron chi connectivity index (χ1n) is 6.50. The molecule has 0 unspecified atom stereocenters. The molecule has 0 bridgehead atoms. The van der Waals surface area contributed by atoms with Crippen molar-refractivity contribution in [1.29, 1.82) is 0 Å². The minimum Gasteiger partial charge on any atom is -0.0864 e. The maximum atomic E-state index is 2.46. The second-order valence-electron chi connectivity index (χ2n) is 4.42. The first-order chi connectivity index (χ1) is 7.86. The molecule has 16 heavy (non-hydrogen) atoms. The number of hydrogen-bond acceptors (Lipinski definition) is 0. The van der Waals surface area contributed by atoms with E-state index in [1.807, 2.05) is 0 Å². The Labute approximate surface area is 114 Å². The average Bonchev–Trinajstić information content (AvgIpc) is 2.33. The van der Waals surface area contributed by atoms with Gasteiger partial charge in [0.25, 0.3) is 0 Å². The van der Waals surface area contributed by atoms with Crippen molar-refractivity contribution >= 4 is 22.6 Å². The monoisotopic (exact) mass is 330 g/mol. The molecule has 0 radical (unpaired) electrons. The molecule has 0 heterocycles. The van der Waals surface area contributed by atoms with Gasteiger partial charge in [-0.1, -0.05) is 66.6 Å². The summed E-state index contributed by atoms with van der Waals surface area (Å²) in [6.07, 6.45) is 9.21. The maximum absolute atomic E-state index is 2.46. The molecule has 90 valence electrons. The smallest absolute Gasteiger partial charge is 0.000473 e.